The molecule has 2 N–H and O–H groups in total. The second kappa shape index (κ2) is 11.5. The zero-order chi connectivity index (χ0) is 22.5. The van der Waals surface area contributed by atoms with E-state index in [9.17, 15) is 4.57 Å². The van der Waals surface area contributed by atoms with Gasteiger partial charge in [0.25, 0.3) is 0 Å². The molecule has 0 radical (unpaired) electrons. The van der Waals surface area contributed by atoms with Crippen molar-refractivity contribution in [2.24, 2.45) is 0 Å². The SMILES string of the molecule is CCCc1cc(Cc2c(C)c(I)c(OCP(=O)(O)O)c(I)c2C)ccc1OCOC. The van der Waals surface area contributed by atoms with Crippen molar-refractivity contribution in [2.75, 3.05) is 20.3 Å². The highest BCUT2D eigenvalue weighted by Crippen LogP contribution is 2.40. The minimum atomic E-state index is -4.24. The molecule has 6 nitrogen and oxygen atoms in total. The maximum atomic E-state index is 11.2. The largest absolute Gasteiger partial charge is 0.479 e. The van der Waals surface area contributed by atoms with Crippen LogP contribution in [0.1, 0.15) is 41.2 Å². The van der Waals surface area contributed by atoms with Crippen LogP contribution in [0.3, 0.4) is 0 Å². The van der Waals surface area contributed by atoms with Crippen molar-refractivity contribution in [3.05, 3.63) is 53.2 Å². The molecule has 0 amide bonds. The number of halogens is 2. The first kappa shape index (κ1) is 25.9. The average Bonchev–Trinajstić information content (AvgIpc) is 2.68. The highest BCUT2D eigenvalue weighted by Gasteiger charge is 2.22. The van der Waals surface area contributed by atoms with Gasteiger partial charge in [-0.15, -0.1) is 0 Å². The Morgan fingerprint density at radius 3 is 2.23 bits per heavy atom. The lowest BCUT2D eigenvalue weighted by Crippen LogP contribution is -2.08. The van der Waals surface area contributed by atoms with Gasteiger partial charge in [-0.2, -0.15) is 0 Å². The van der Waals surface area contributed by atoms with Crippen LogP contribution < -0.4 is 9.47 Å². The number of ether oxygens (including phenoxy) is 3. The molecule has 0 saturated carbocycles. The number of methoxy groups -OCH3 is 1. The summed E-state index contributed by atoms with van der Waals surface area (Å²) in [5.74, 6) is 1.38. The number of hydrogen-bond acceptors (Lipinski definition) is 4. The van der Waals surface area contributed by atoms with Crippen LogP contribution in [0, 0.1) is 21.0 Å². The first-order valence-electron chi connectivity index (χ1n) is 9.47. The quantitative estimate of drug-likeness (QED) is 0.198. The topological polar surface area (TPSA) is 85.2 Å². The Kier molecular flexibility index (Phi) is 9.89. The number of benzene rings is 2. The molecule has 0 unspecified atom stereocenters. The standard InChI is InChI=1S/C21H27I2O6P/c1-5-6-16-9-15(7-8-18(16)28-11-27-4)10-17-13(2)19(22)21(20(23)14(17)3)29-12-30(24,25)26/h7-9H,5-6,10-12H2,1-4H3,(H2,24,25,26). The first-order valence-corrected chi connectivity index (χ1v) is 13.4. The van der Waals surface area contributed by atoms with E-state index in [1.54, 1.807) is 7.11 Å². The zero-order valence-corrected chi connectivity index (χ0v) is 22.7. The van der Waals surface area contributed by atoms with Crippen LogP contribution in [0.5, 0.6) is 11.5 Å². The van der Waals surface area contributed by atoms with Crippen LogP contribution in [0.15, 0.2) is 18.2 Å². The van der Waals surface area contributed by atoms with Gasteiger partial charge in [0, 0.05) is 7.11 Å². The summed E-state index contributed by atoms with van der Waals surface area (Å²) in [4.78, 5) is 18.3. The van der Waals surface area contributed by atoms with Crippen LogP contribution in [0.4, 0.5) is 0 Å². The highest BCUT2D eigenvalue weighted by molar-refractivity contribution is 14.1. The summed E-state index contributed by atoms with van der Waals surface area (Å²) >= 11 is 4.38. The number of hydrogen-bond donors (Lipinski definition) is 2. The molecule has 9 heteroatoms. The molecule has 166 valence electrons. The lowest BCUT2D eigenvalue weighted by molar-refractivity contribution is 0.0504. The lowest BCUT2D eigenvalue weighted by atomic mass is 9.94. The van der Waals surface area contributed by atoms with Crippen molar-refractivity contribution < 1.29 is 28.6 Å². The molecular formula is C21H27I2O6P. The Hall–Kier alpha value is -0.390. The van der Waals surface area contributed by atoms with Crippen molar-refractivity contribution >= 4 is 52.8 Å². The van der Waals surface area contributed by atoms with Crippen LogP contribution >= 0.6 is 52.8 Å². The van der Waals surface area contributed by atoms with Gasteiger partial charge in [-0.3, -0.25) is 4.57 Å². The van der Waals surface area contributed by atoms with Gasteiger partial charge in [0.05, 0.1) is 7.14 Å². The van der Waals surface area contributed by atoms with E-state index in [0.29, 0.717) is 5.75 Å². The summed E-state index contributed by atoms with van der Waals surface area (Å²) in [7, 11) is -2.64. The van der Waals surface area contributed by atoms with Crippen LogP contribution in [0.25, 0.3) is 0 Å². The molecule has 2 aromatic carbocycles. The maximum absolute atomic E-state index is 11.2. The third-order valence-corrected chi connectivity index (χ3v) is 7.76. The molecule has 0 aromatic heterocycles. The fraction of sp³-hybridized carbons (Fsp3) is 0.429. The predicted octanol–water partition coefficient (Wildman–Crippen LogP) is 5.55. The molecule has 2 rings (SSSR count). The van der Waals surface area contributed by atoms with Crippen molar-refractivity contribution in [2.45, 2.75) is 40.0 Å². The molecule has 0 fully saturated rings. The van der Waals surface area contributed by atoms with E-state index in [-0.39, 0.29) is 6.79 Å². The lowest BCUT2D eigenvalue weighted by Gasteiger charge is -2.20. The summed E-state index contributed by atoms with van der Waals surface area (Å²) in [5, 5.41) is 0. The molecule has 0 spiro atoms. The van der Waals surface area contributed by atoms with Crippen molar-refractivity contribution in [1.82, 2.24) is 0 Å². The molecular weight excluding hydrogens is 633 g/mol. The second-order valence-electron chi connectivity index (χ2n) is 7.04. The molecule has 2 aromatic rings. The fourth-order valence-corrected chi connectivity index (χ4v) is 5.51. The van der Waals surface area contributed by atoms with E-state index in [4.69, 9.17) is 24.0 Å². The third-order valence-electron chi connectivity index (χ3n) is 4.70. The molecule has 0 atom stereocenters. The number of aryl methyl sites for hydroxylation is 1. The molecule has 0 saturated heterocycles. The van der Waals surface area contributed by atoms with Crippen molar-refractivity contribution in [3.8, 4) is 11.5 Å². The average molecular weight is 660 g/mol. The molecule has 0 aliphatic rings. The molecule has 30 heavy (non-hydrogen) atoms. The normalized spacial score (nSPS) is 11.6. The Balaban J connectivity index is 2.38. The van der Waals surface area contributed by atoms with Gasteiger partial charge in [0.2, 0.25) is 0 Å². The van der Waals surface area contributed by atoms with Gasteiger partial charge in [-0.05, 0) is 106 Å². The second-order valence-corrected chi connectivity index (χ2v) is 10.8. The predicted molar refractivity (Wildman–Crippen MR) is 135 cm³/mol. The Morgan fingerprint density at radius 1 is 1.07 bits per heavy atom. The van der Waals surface area contributed by atoms with E-state index < -0.39 is 13.9 Å². The van der Waals surface area contributed by atoms with E-state index in [2.05, 4.69) is 64.2 Å². The van der Waals surface area contributed by atoms with E-state index in [1.807, 2.05) is 19.9 Å². The van der Waals surface area contributed by atoms with Gasteiger partial charge in [0.15, 0.2) is 13.1 Å². The Labute approximate surface area is 205 Å². The Morgan fingerprint density at radius 2 is 1.70 bits per heavy atom. The molecule has 0 aliphatic heterocycles. The minimum Gasteiger partial charge on any atom is -0.479 e. The zero-order valence-electron chi connectivity index (χ0n) is 17.5. The smallest absolute Gasteiger partial charge is 0.362 e. The van der Waals surface area contributed by atoms with Gasteiger partial charge in [0.1, 0.15) is 11.5 Å². The summed E-state index contributed by atoms with van der Waals surface area (Å²) in [5.41, 5.74) is 5.66. The highest BCUT2D eigenvalue weighted by atomic mass is 127. The number of rotatable bonds is 10. The van der Waals surface area contributed by atoms with Crippen LogP contribution in [0.2, 0.25) is 0 Å². The summed E-state index contributed by atoms with van der Waals surface area (Å²) < 4.78 is 29.2. The van der Waals surface area contributed by atoms with E-state index in [1.165, 1.54) is 11.1 Å². The fourth-order valence-electron chi connectivity index (χ4n) is 3.20. The van der Waals surface area contributed by atoms with Crippen molar-refractivity contribution in [3.63, 3.8) is 0 Å². The Bertz CT molecular complexity index is 913. The molecule has 0 heterocycles. The van der Waals surface area contributed by atoms with Gasteiger partial charge >= 0.3 is 7.60 Å². The third kappa shape index (κ3) is 6.80. The van der Waals surface area contributed by atoms with Gasteiger partial charge in [-0.25, -0.2) is 0 Å². The van der Waals surface area contributed by atoms with Crippen LogP contribution in [-0.2, 0) is 22.1 Å². The molecule has 0 aliphatic carbocycles. The van der Waals surface area contributed by atoms with E-state index in [0.717, 1.165) is 48.8 Å². The van der Waals surface area contributed by atoms with E-state index >= 15 is 0 Å². The van der Waals surface area contributed by atoms with Gasteiger partial charge < -0.3 is 24.0 Å². The minimum absolute atomic E-state index is 0.223. The summed E-state index contributed by atoms with van der Waals surface area (Å²) in [6.07, 6.45) is 2.07. The molecule has 0 bridgehead atoms. The summed E-state index contributed by atoms with van der Waals surface area (Å²) in [6, 6.07) is 6.25. The summed E-state index contributed by atoms with van der Waals surface area (Å²) in [6.45, 7) is 6.41. The van der Waals surface area contributed by atoms with Crippen molar-refractivity contribution in [1.29, 1.82) is 0 Å². The van der Waals surface area contributed by atoms with Crippen LogP contribution in [-0.4, -0.2) is 30.0 Å². The monoisotopic (exact) mass is 660 g/mol. The first-order chi connectivity index (χ1) is 14.1. The maximum Gasteiger partial charge on any atom is 0.362 e. The van der Waals surface area contributed by atoms with Gasteiger partial charge in [-0.1, -0.05) is 25.5 Å².